The van der Waals surface area contributed by atoms with Gasteiger partial charge in [0.1, 0.15) is 5.82 Å². The Balaban J connectivity index is 1.32. The van der Waals surface area contributed by atoms with E-state index in [1.807, 2.05) is 37.2 Å². The number of nitrogens with zero attached hydrogens (tertiary/aromatic N) is 8. The first-order chi connectivity index (χ1) is 35.1. The molecule has 0 aliphatic carbocycles. The van der Waals surface area contributed by atoms with E-state index in [2.05, 4.69) is 210 Å². The van der Waals surface area contributed by atoms with Crippen LogP contribution in [-0.2, 0) is 0 Å². The van der Waals surface area contributed by atoms with Crippen molar-refractivity contribution in [2.75, 3.05) is 0 Å². The Morgan fingerprint density at radius 1 is 0.310 bits per heavy atom. The smallest absolute Gasteiger partial charge is 0.165 e. The lowest BCUT2D eigenvalue weighted by Crippen LogP contribution is -2.14. The highest BCUT2D eigenvalue weighted by molar-refractivity contribution is 6.15. The zero-order chi connectivity index (χ0) is 47.2. The van der Waals surface area contributed by atoms with E-state index < -0.39 is 0 Å². The van der Waals surface area contributed by atoms with Crippen LogP contribution >= 0.6 is 0 Å². The molecule has 0 atom stereocenters. The molecular formula is C63H42N8. The van der Waals surface area contributed by atoms with Crippen molar-refractivity contribution in [3.8, 4) is 61.8 Å². The summed E-state index contributed by atoms with van der Waals surface area (Å²) >= 11 is 0. The van der Waals surface area contributed by atoms with Gasteiger partial charge in [0.25, 0.3) is 0 Å². The Morgan fingerprint density at radius 2 is 0.704 bits per heavy atom. The molecular weight excluding hydrogens is 869 g/mol. The van der Waals surface area contributed by atoms with Gasteiger partial charge in [-0.1, -0.05) is 133 Å². The van der Waals surface area contributed by atoms with Crippen molar-refractivity contribution in [2.24, 2.45) is 0 Å². The Kier molecular flexibility index (Phi) is 9.16. The maximum absolute atomic E-state index is 6.29. The molecule has 0 fully saturated rings. The topological polar surface area (TPSA) is 79.2 Å². The molecule has 8 heteroatoms. The molecule has 0 saturated carbocycles. The van der Waals surface area contributed by atoms with E-state index in [-0.39, 0.29) is 0 Å². The minimum Gasteiger partial charge on any atom is -0.305 e. The number of rotatable bonds is 7. The number of hydrogen-bond acceptors (Lipinski definition) is 5. The van der Waals surface area contributed by atoms with Crippen molar-refractivity contribution in [1.29, 1.82) is 0 Å². The van der Waals surface area contributed by atoms with Gasteiger partial charge in [0.05, 0.1) is 38.8 Å². The zero-order valence-electron chi connectivity index (χ0n) is 38.9. The molecule has 0 spiro atoms. The first-order valence-corrected chi connectivity index (χ1v) is 23.9. The standard InChI is InChI=1S/C63H42N8/c1-39-34-42(35-40(2)67-39)44-19-7-8-23-48(44)59-60(49-24-9-6-18-43(49)41-16-4-3-5-17-41)62(70-54-26-14-11-21-46(54)51-37-65-32-29-57(51)70)68-63(71-55-27-15-12-22-47(55)52-38-66-33-30-58(52)71)61(59)69-53-25-13-10-20-45(53)50-36-64-31-28-56(50)69/h3-38H,1-2H3. The fourth-order valence-electron chi connectivity index (χ4n) is 11.3. The van der Waals surface area contributed by atoms with E-state index in [4.69, 9.17) is 24.9 Å². The lowest BCUT2D eigenvalue weighted by atomic mass is 9.85. The Bertz CT molecular complexity index is 4260. The number of aromatic nitrogens is 8. The van der Waals surface area contributed by atoms with Crippen molar-refractivity contribution >= 4 is 65.4 Å². The van der Waals surface area contributed by atoms with Crippen LogP contribution in [0.5, 0.6) is 0 Å². The maximum atomic E-state index is 6.29. The summed E-state index contributed by atoms with van der Waals surface area (Å²) in [7, 11) is 0. The lowest BCUT2D eigenvalue weighted by molar-refractivity contribution is 0.986. The minimum absolute atomic E-state index is 0.754. The van der Waals surface area contributed by atoms with E-state index >= 15 is 0 Å². The molecule has 14 rings (SSSR count). The average molecular weight is 911 g/mol. The number of benzene rings is 6. The second kappa shape index (κ2) is 16.0. The Hall–Kier alpha value is -9.53. The first kappa shape index (κ1) is 40.5. The van der Waals surface area contributed by atoms with Gasteiger partial charge >= 0.3 is 0 Å². The second-order valence-corrected chi connectivity index (χ2v) is 18.2. The molecule has 14 aromatic rings. The number of pyridine rings is 5. The molecule has 0 bridgehead atoms. The lowest BCUT2D eigenvalue weighted by Gasteiger charge is -2.27. The van der Waals surface area contributed by atoms with Gasteiger partial charge < -0.3 is 4.57 Å². The van der Waals surface area contributed by atoms with Gasteiger partial charge in [0.2, 0.25) is 0 Å². The molecule has 0 amide bonds. The largest absolute Gasteiger partial charge is 0.305 e. The van der Waals surface area contributed by atoms with Crippen LogP contribution in [0.15, 0.2) is 219 Å². The molecule has 0 aliphatic rings. The van der Waals surface area contributed by atoms with Crippen LogP contribution < -0.4 is 0 Å². The summed E-state index contributed by atoms with van der Waals surface area (Å²) in [5.41, 5.74) is 17.3. The minimum atomic E-state index is 0.754. The van der Waals surface area contributed by atoms with Crippen molar-refractivity contribution in [3.63, 3.8) is 0 Å². The molecule has 0 N–H and O–H groups in total. The van der Waals surface area contributed by atoms with Gasteiger partial charge in [0, 0.05) is 92.0 Å². The third kappa shape index (κ3) is 6.21. The van der Waals surface area contributed by atoms with Crippen LogP contribution in [-0.4, -0.2) is 38.6 Å². The van der Waals surface area contributed by atoms with E-state index in [0.29, 0.717) is 0 Å². The monoisotopic (exact) mass is 910 g/mol. The summed E-state index contributed by atoms with van der Waals surface area (Å²) in [5, 5.41) is 6.40. The number of hydrogen-bond donors (Lipinski definition) is 0. The summed E-state index contributed by atoms with van der Waals surface area (Å²) < 4.78 is 7.18. The van der Waals surface area contributed by atoms with Gasteiger partial charge in [-0.2, -0.15) is 0 Å². The summed E-state index contributed by atoms with van der Waals surface area (Å²) in [5.74, 6) is 1.53. The fraction of sp³-hybridized carbons (Fsp3) is 0.0317. The number of para-hydroxylation sites is 3. The van der Waals surface area contributed by atoms with Crippen LogP contribution in [0.25, 0.3) is 127 Å². The Labute approximate surface area is 408 Å². The second-order valence-electron chi connectivity index (χ2n) is 18.2. The first-order valence-electron chi connectivity index (χ1n) is 23.9. The number of fused-ring (bicyclic) bond motifs is 9. The highest BCUT2D eigenvalue weighted by Crippen LogP contribution is 2.52. The van der Waals surface area contributed by atoms with Gasteiger partial charge in [-0.05, 0) is 95.8 Å². The van der Waals surface area contributed by atoms with Crippen molar-refractivity contribution < 1.29 is 0 Å². The summed E-state index contributed by atoms with van der Waals surface area (Å²) in [6, 6.07) is 65.2. The molecule has 0 radical (unpaired) electrons. The zero-order valence-corrected chi connectivity index (χ0v) is 38.9. The van der Waals surface area contributed by atoms with Gasteiger partial charge in [-0.25, -0.2) is 4.98 Å². The van der Waals surface area contributed by atoms with E-state index in [1.165, 1.54) is 0 Å². The van der Waals surface area contributed by atoms with E-state index in [1.54, 1.807) is 0 Å². The Morgan fingerprint density at radius 3 is 1.24 bits per heavy atom. The van der Waals surface area contributed by atoms with Gasteiger partial charge in [0.15, 0.2) is 5.82 Å². The molecule has 71 heavy (non-hydrogen) atoms. The quantitative estimate of drug-likeness (QED) is 0.159. The van der Waals surface area contributed by atoms with Gasteiger partial charge in [-0.15, -0.1) is 0 Å². The predicted octanol–water partition coefficient (Wildman–Crippen LogP) is 15.2. The molecule has 334 valence electrons. The molecule has 0 aliphatic heterocycles. The molecule has 0 unspecified atom stereocenters. The van der Waals surface area contributed by atoms with Crippen LogP contribution in [0.1, 0.15) is 11.4 Å². The molecule has 0 saturated heterocycles. The number of aryl methyl sites for hydroxylation is 2. The summed E-state index contributed by atoms with van der Waals surface area (Å²) in [6.45, 7) is 4.16. The molecule has 8 heterocycles. The van der Waals surface area contributed by atoms with Crippen LogP contribution in [0.2, 0.25) is 0 Å². The third-order valence-corrected chi connectivity index (χ3v) is 14.1. The molecule has 6 aromatic carbocycles. The van der Waals surface area contributed by atoms with Crippen LogP contribution in [0.4, 0.5) is 0 Å². The highest BCUT2D eigenvalue weighted by Gasteiger charge is 2.32. The van der Waals surface area contributed by atoms with E-state index in [9.17, 15) is 0 Å². The molecule has 8 aromatic heterocycles. The van der Waals surface area contributed by atoms with Crippen molar-refractivity contribution in [1.82, 2.24) is 38.6 Å². The van der Waals surface area contributed by atoms with Gasteiger partial charge in [-0.3, -0.25) is 29.1 Å². The SMILES string of the molecule is Cc1cc(-c2ccccc2-c2c(-c3ccccc3-c3ccccc3)c(-n3c4ccccc4c4cnccc43)nc(-n3c4ccccc4c4cnccc43)c2-n2c3ccccc3c3cnccc32)cc(C)n1. The summed E-state index contributed by atoms with van der Waals surface area (Å²) in [4.78, 5) is 25.3. The van der Waals surface area contributed by atoms with Crippen LogP contribution in [0.3, 0.4) is 0 Å². The van der Waals surface area contributed by atoms with Crippen molar-refractivity contribution in [2.45, 2.75) is 13.8 Å². The normalized spacial score (nSPS) is 11.8. The van der Waals surface area contributed by atoms with E-state index in [0.717, 1.165) is 139 Å². The summed E-state index contributed by atoms with van der Waals surface area (Å²) in [6.07, 6.45) is 11.6. The van der Waals surface area contributed by atoms with Crippen LogP contribution in [0, 0.1) is 13.8 Å². The highest BCUT2D eigenvalue weighted by atomic mass is 15.2. The van der Waals surface area contributed by atoms with Crippen molar-refractivity contribution in [3.05, 3.63) is 231 Å². The average Bonchev–Trinajstić information content (AvgIpc) is 4.07. The predicted molar refractivity (Wildman–Crippen MR) is 290 cm³/mol. The fourth-order valence-corrected chi connectivity index (χ4v) is 11.3. The maximum Gasteiger partial charge on any atom is 0.165 e. The third-order valence-electron chi connectivity index (χ3n) is 14.1. The molecule has 8 nitrogen and oxygen atoms in total.